The van der Waals surface area contributed by atoms with Gasteiger partial charge in [0.05, 0.1) is 16.6 Å². The number of benzene rings is 2. The van der Waals surface area contributed by atoms with E-state index in [9.17, 15) is 5.26 Å². The van der Waals surface area contributed by atoms with Gasteiger partial charge in [0.1, 0.15) is 11.9 Å². The van der Waals surface area contributed by atoms with E-state index in [1.807, 2.05) is 18.2 Å². The first-order valence-electron chi connectivity index (χ1n) is 13.6. The van der Waals surface area contributed by atoms with Gasteiger partial charge in [-0.25, -0.2) is 4.98 Å². The number of hydrogen-bond acceptors (Lipinski definition) is 4. The minimum absolute atomic E-state index is 0.676. The van der Waals surface area contributed by atoms with Crippen LogP contribution in [0.2, 0.25) is 0 Å². The van der Waals surface area contributed by atoms with Crippen LogP contribution in [0.25, 0.3) is 16.7 Å². The summed E-state index contributed by atoms with van der Waals surface area (Å²) in [6, 6.07) is 19.3. The number of anilines is 3. The molecule has 0 unspecified atom stereocenters. The minimum Gasteiger partial charge on any atom is -0.372 e. The standard InChI is InChI=1S/C31H39N5/c1-5-8-9-10-11-12-15-26-23(4)27(22-32)31-34-28-16-13-14-17-29(28)36(31)30(26)33-24-18-20-25(21-19-24)35(6-2)7-3/h13-14,16-21,33H,5-12,15H2,1-4H3. The topological polar surface area (TPSA) is 56.4 Å². The van der Waals surface area contributed by atoms with Crippen molar-refractivity contribution >= 4 is 33.9 Å². The summed E-state index contributed by atoms with van der Waals surface area (Å²) in [6.45, 7) is 10.7. The molecule has 0 atom stereocenters. The molecule has 2 heterocycles. The summed E-state index contributed by atoms with van der Waals surface area (Å²) in [5, 5.41) is 13.9. The lowest BCUT2D eigenvalue weighted by Crippen LogP contribution is -2.21. The molecule has 0 aliphatic rings. The van der Waals surface area contributed by atoms with Crippen molar-refractivity contribution < 1.29 is 0 Å². The number of para-hydroxylation sites is 2. The molecule has 0 aliphatic heterocycles. The summed E-state index contributed by atoms with van der Waals surface area (Å²) in [4.78, 5) is 7.22. The molecule has 0 saturated carbocycles. The van der Waals surface area contributed by atoms with E-state index in [1.54, 1.807) is 0 Å². The van der Waals surface area contributed by atoms with Crippen LogP contribution in [0.1, 0.15) is 76.0 Å². The summed E-state index contributed by atoms with van der Waals surface area (Å²) in [5.74, 6) is 1.03. The smallest absolute Gasteiger partial charge is 0.157 e. The summed E-state index contributed by atoms with van der Waals surface area (Å²) >= 11 is 0. The molecule has 0 radical (unpaired) electrons. The van der Waals surface area contributed by atoms with Crippen LogP contribution in [0.5, 0.6) is 0 Å². The number of aromatic nitrogens is 2. The molecule has 4 aromatic rings. The Bertz CT molecular complexity index is 1340. The molecule has 0 saturated heterocycles. The van der Waals surface area contributed by atoms with E-state index in [0.717, 1.165) is 59.7 Å². The Morgan fingerprint density at radius 1 is 0.917 bits per heavy atom. The predicted octanol–water partition coefficient (Wildman–Crippen LogP) is 8.16. The average Bonchev–Trinajstić information content (AvgIpc) is 3.28. The number of rotatable bonds is 12. The normalized spacial score (nSPS) is 11.2. The Hall–Kier alpha value is -3.52. The van der Waals surface area contributed by atoms with Gasteiger partial charge in [0.15, 0.2) is 5.65 Å². The van der Waals surface area contributed by atoms with Gasteiger partial charge in [-0.05, 0) is 81.1 Å². The highest BCUT2D eigenvalue weighted by Crippen LogP contribution is 2.34. The Morgan fingerprint density at radius 3 is 2.31 bits per heavy atom. The van der Waals surface area contributed by atoms with Gasteiger partial charge < -0.3 is 10.2 Å². The van der Waals surface area contributed by atoms with Gasteiger partial charge in [-0.1, -0.05) is 51.2 Å². The van der Waals surface area contributed by atoms with Gasteiger partial charge in [-0.3, -0.25) is 4.40 Å². The lowest BCUT2D eigenvalue weighted by atomic mass is 9.98. The van der Waals surface area contributed by atoms with Crippen molar-refractivity contribution in [3.8, 4) is 6.07 Å². The monoisotopic (exact) mass is 481 g/mol. The number of nitrogens with one attached hydrogen (secondary N) is 1. The first-order chi connectivity index (χ1) is 17.6. The predicted molar refractivity (Wildman–Crippen MR) is 153 cm³/mol. The lowest BCUT2D eigenvalue weighted by Gasteiger charge is -2.22. The SMILES string of the molecule is CCCCCCCCc1c(C)c(C#N)c2nc3ccccc3n2c1Nc1ccc(N(CC)CC)cc1. The third-order valence-electron chi connectivity index (χ3n) is 7.27. The number of hydrogen-bond donors (Lipinski definition) is 1. The van der Waals surface area contributed by atoms with Gasteiger partial charge in [0, 0.05) is 24.5 Å². The van der Waals surface area contributed by atoms with Crippen molar-refractivity contribution in [3.63, 3.8) is 0 Å². The van der Waals surface area contributed by atoms with Gasteiger partial charge in [-0.2, -0.15) is 5.26 Å². The van der Waals surface area contributed by atoms with Crippen molar-refractivity contribution in [2.24, 2.45) is 0 Å². The number of fused-ring (bicyclic) bond motifs is 3. The zero-order valence-corrected chi connectivity index (χ0v) is 22.3. The van der Waals surface area contributed by atoms with Crippen molar-refractivity contribution in [1.82, 2.24) is 9.38 Å². The van der Waals surface area contributed by atoms with Crippen molar-refractivity contribution in [3.05, 3.63) is 65.2 Å². The molecule has 0 amide bonds. The highest BCUT2D eigenvalue weighted by atomic mass is 15.1. The van der Waals surface area contributed by atoms with Crippen LogP contribution in [0.3, 0.4) is 0 Å². The zero-order chi connectivity index (χ0) is 25.5. The molecule has 2 aromatic heterocycles. The lowest BCUT2D eigenvalue weighted by molar-refractivity contribution is 0.607. The second-order valence-corrected chi connectivity index (χ2v) is 9.56. The van der Waals surface area contributed by atoms with Crippen LogP contribution < -0.4 is 10.2 Å². The van der Waals surface area contributed by atoms with Crippen LogP contribution in [-0.2, 0) is 6.42 Å². The second kappa shape index (κ2) is 11.9. The first kappa shape index (κ1) is 25.6. The minimum atomic E-state index is 0.676. The molecule has 5 nitrogen and oxygen atoms in total. The quantitative estimate of drug-likeness (QED) is 0.207. The summed E-state index contributed by atoms with van der Waals surface area (Å²) in [7, 11) is 0. The first-order valence-corrected chi connectivity index (χ1v) is 13.6. The Labute approximate surface area is 215 Å². The van der Waals surface area contributed by atoms with E-state index in [0.29, 0.717) is 5.56 Å². The molecule has 36 heavy (non-hydrogen) atoms. The van der Waals surface area contributed by atoms with E-state index in [2.05, 4.69) is 78.7 Å². The van der Waals surface area contributed by atoms with E-state index < -0.39 is 0 Å². The van der Waals surface area contributed by atoms with Gasteiger partial charge in [-0.15, -0.1) is 0 Å². The summed E-state index contributed by atoms with van der Waals surface area (Å²) < 4.78 is 2.16. The molecular formula is C31H39N5. The summed E-state index contributed by atoms with van der Waals surface area (Å²) in [5.41, 5.74) is 7.85. The highest BCUT2D eigenvalue weighted by molar-refractivity contribution is 5.87. The number of unbranched alkanes of at least 4 members (excludes halogenated alkanes) is 5. The van der Waals surface area contributed by atoms with Crippen LogP contribution in [0.15, 0.2) is 48.5 Å². The van der Waals surface area contributed by atoms with Crippen molar-refractivity contribution in [2.75, 3.05) is 23.3 Å². The second-order valence-electron chi connectivity index (χ2n) is 9.56. The molecule has 1 N–H and O–H groups in total. The molecule has 0 bridgehead atoms. The molecule has 4 rings (SSSR count). The van der Waals surface area contributed by atoms with E-state index in [1.165, 1.54) is 43.4 Å². The maximum absolute atomic E-state index is 10.1. The zero-order valence-electron chi connectivity index (χ0n) is 22.3. The van der Waals surface area contributed by atoms with E-state index in [4.69, 9.17) is 4.98 Å². The third kappa shape index (κ3) is 5.18. The number of imidazole rings is 1. The van der Waals surface area contributed by atoms with E-state index >= 15 is 0 Å². The summed E-state index contributed by atoms with van der Waals surface area (Å²) in [6.07, 6.45) is 8.40. The van der Waals surface area contributed by atoms with Crippen molar-refractivity contribution in [2.45, 2.75) is 72.6 Å². The fraction of sp³-hybridized carbons (Fsp3) is 0.419. The number of nitriles is 1. The fourth-order valence-corrected chi connectivity index (χ4v) is 5.19. The maximum Gasteiger partial charge on any atom is 0.157 e. The van der Waals surface area contributed by atoms with Crippen LogP contribution >= 0.6 is 0 Å². The van der Waals surface area contributed by atoms with Gasteiger partial charge in [0.2, 0.25) is 0 Å². The van der Waals surface area contributed by atoms with Crippen LogP contribution in [-0.4, -0.2) is 22.5 Å². The largest absolute Gasteiger partial charge is 0.372 e. The molecule has 5 heteroatoms. The van der Waals surface area contributed by atoms with E-state index in [-0.39, 0.29) is 0 Å². The molecule has 0 fully saturated rings. The van der Waals surface area contributed by atoms with Gasteiger partial charge in [0.25, 0.3) is 0 Å². The Balaban J connectivity index is 1.78. The molecule has 0 aliphatic carbocycles. The third-order valence-corrected chi connectivity index (χ3v) is 7.27. The number of pyridine rings is 1. The number of nitrogens with zero attached hydrogens (tertiary/aromatic N) is 4. The van der Waals surface area contributed by atoms with Crippen LogP contribution in [0.4, 0.5) is 17.2 Å². The van der Waals surface area contributed by atoms with Crippen molar-refractivity contribution in [1.29, 1.82) is 5.26 Å². The fourth-order valence-electron chi connectivity index (χ4n) is 5.19. The molecular weight excluding hydrogens is 442 g/mol. The molecule has 0 spiro atoms. The Kier molecular flexibility index (Phi) is 8.48. The average molecular weight is 482 g/mol. The molecule has 188 valence electrons. The maximum atomic E-state index is 10.1. The highest BCUT2D eigenvalue weighted by Gasteiger charge is 2.21. The van der Waals surface area contributed by atoms with Gasteiger partial charge >= 0.3 is 0 Å². The molecule has 2 aromatic carbocycles. The van der Waals surface area contributed by atoms with Crippen LogP contribution in [0, 0.1) is 18.3 Å². The Morgan fingerprint density at radius 2 is 1.61 bits per heavy atom.